The molecule has 0 saturated carbocycles. The maximum Gasteiger partial charge on any atom is 0.0593 e. The molecule has 2 heterocycles. The smallest absolute Gasteiger partial charge is 0.0593 e. The standard InChI is InChI=1S/C13H26N2OS/c1-14-5-2-3-12-11-15(6-4-13(12)14)7-8-16-9-10-17/h12-13,17H,2-11H2,1H3. The van der Waals surface area contributed by atoms with E-state index < -0.39 is 0 Å². The lowest BCUT2D eigenvalue weighted by Crippen LogP contribution is -2.53. The van der Waals surface area contributed by atoms with Gasteiger partial charge in [-0.05, 0) is 45.3 Å². The van der Waals surface area contributed by atoms with Crippen molar-refractivity contribution < 1.29 is 4.74 Å². The minimum Gasteiger partial charge on any atom is -0.379 e. The van der Waals surface area contributed by atoms with E-state index >= 15 is 0 Å². The van der Waals surface area contributed by atoms with Gasteiger partial charge in [0, 0.05) is 24.9 Å². The molecule has 0 N–H and O–H groups in total. The molecule has 2 saturated heterocycles. The fourth-order valence-corrected chi connectivity index (χ4v) is 3.42. The van der Waals surface area contributed by atoms with Crippen molar-refractivity contribution in [3.05, 3.63) is 0 Å². The van der Waals surface area contributed by atoms with E-state index in [9.17, 15) is 0 Å². The van der Waals surface area contributed by atoms with Crippen LogP contribution in [0, 0.1) is 5.92 Å². The molecule has 100 valence electrons. The summed E-state index contributed by atoms with van der Waals surface area (Å²) in [5.41, 5.74) is 0. The molecule has 4 heteroatoms. The van der Waals surface area contributed by atoms with Gasteiger partial charge in [0.05, 0.1) is 13.2 Å². The first kappa shape index (κ1) is 13.7. The normalized spacial score (nSPS) is 31.4. The number of piperidine rings is 2. The van der Waals surface area contributed by atoms with E-state index in [-0.39, 0.29) is 0 Å². The zero-order valence-corrected chi connectivity index (χ0v) is 11.9. The van der Waals surface area contributed by atoms with Crippen LogP contribution in [0.2, 0.25) is 0 Å². The van der Waals surface area contributed by atoms with E-state index in [1.807, 2.05) is 0 Å². The van der Waals surface area contributed by atoms with Gasteiger partial charge in [0.15, 0.2) is 0 Å². The highest BCUT2D eigenvalue weighted by molar-refractivity contribution is 7.80. The van der Waals surface area contributed by atoms with E-state index in [1.54, 1.807) is 0 Å². The van der Waals surface area contributed by atoms with Gasteiger partial charge in [-0.3, -0.25) is 0 Å². The lowest BCUT2D eigenvalue weighted by Gasteiger charge is -2.46. The lowest BCUT2D eigenvalue weighted by atomic mass is 9.84. The Morgan fingerprint density at radius 2 is 2.12 bits per heavy atom. The molecule has 2 rings (SSSR count). The molecule has 0 aromatic rings. The zero-order valence-electron chi connectivity index (χ0n) is 11.0. The minimum atomic E-state index is 0.783. The highest BCUT2D eigenvalue weighted by Crippen LogP contribution is 2.29. The maximum atomic E-state index is 5.51. The van der Waals surface area contributed by atoms with Crippen LogP contribution in [0.3, 0.4) is 0 Å². The molecule has 0 aromatic heterocycles. The molecule has 2 aliphatic rings. The average Bonchev–Trinajstić information content (AvgIpc) is 2.35. The first-order valence-corrected chi connectivity index (χ1v) is 7.55. The average molecular weight is 258 g/mol. The Balaban J connectivity index is 1.70. The molecule has 0 spiro atoms. The first-order chi connectivity index (χ1) is 8.31. The Hall–Kier alpha value is 0.230. The van der Waals surface area contributed by atoms with Crippen LogP contribution < -0.4 is 0 Å². The molecule has 0 radical (unpaired) electrons. The number of hydrogen-bond acceptors (Lipinski definition) is 4. The van der Waals surface area contributed by atoms with Crippen LogP contribution in [0.1, 0.15) is 19.3 Å². The molecule has 2 aliphatic heterocycles. The van der Waals surface area contributed by atoms with E-state index in [0.29, 0.717) is 0 Å². The zero-order chi connectivity index (χ0) is 12.1. The van der Waals surface area contributed by atoms with E-state index in [2.05, 4.69) is 29.5 Å². The topological polar surface area (TPSA) is 15.7 Å². The second-order valence-electron chi connectivity index (χ2n) is 5.38. The number of likely N-dealkylation sites (tertiary alicyclic amines) is 2. The van der Waals surface area contributed by atoms with Crippen molar-refractivity contribution in [3.8, 4) is 0 Å². The van der Waals surface area contributed by atoms with E-state index in [4.69, 9.17) is 4.74 Å². The third-order valence-electron chi connectivity index (χ3n) is 4.22. The number of fused-ring (bicyclic) bond motifs is 1. The Kier molecular flexibility index (Phi) is 5.60. The van der Waals surface area contributed by atoms with Gasteiger partial charge in [-0.25, -0.2) is 0 Å². The highest BCUT2D eigenvalue weighted by Gasteiger charge is 2.33. The second kappa shape index (κ2) is 6.98. The fourth-order valence-electron chi connectivity index (χ4n) is 3.29. The van der Waals surface area contributed by atoms with Gasteiger partial charge in [0.2, 0.25) is 0 Å². The molecular weight excluding hydrogens is 232 g/mol. The Labute approximate surface area is 111 Å². The summed E-state index contributed by atoms with van der Waals surface area (Å²) in [7, 11) is 2.29. The van der Waals surface area contributed by atoms with Crippen LogP contribution in [-0.2, 0) is 4.74 Å². The van der Waals surface area contributed by atoms with Gasteiger partial charge in [0.25, 0.3) is 0 Å². The third-order valence-corrected chi connectivity index (χ3v) is 4.40. The van der Waals surface area contributed by atoms with Crippen molar-refractivity contribution in [3.63, 3.8) is 0 Å². The summed E-state index contributed by atoms with van der Waals surface area (Å²) in [6, 6.07) is 0.846. The predicted octanol–water partition coefficient (Wildman–Crippen LogP) is 1.35. The summed E-state index contributed by atoms with van der Waals surface area (Å²) in [4.78, 5) is 5.15. The van der Waals surface area contributed by atoms with Crippen LogP contribution >= 0.6 is 12.6 Å². The Morgan fingerprint density at radius 3 is 2.94 bits per heavy atom. The predicted molar refractivity (Wildman–Crippen MR) is 74.9 cm³/mol. The van der Waals surface area contributed by atoms with Crippen LogP contribution in [0.25, 0.3) is 0 Å². The number of ether oxygens (including phenoxy) is 1. The summed E-state index contributed by atoms with van der Waals surface area (Å²) in [6.45, 7) is 6.57. The van der Waals surface area contributed by atoms with Crippen LogP contribution in [0.4, 0.5) is 0 Å². The largest absolute Gasteiger partial charge is 0.379 e. The summed E-state index contributed by atoms with van der Waals surface area (Å²) < 4.78 is 5.51. The number of nitrogens with zero attached hydrogens (tertiary/aromatic N) is 2. The van der Waals surface area contributed by atoms with Crippen LogP contribution in [-0.4, -0.2) is 68.0 Å². The first-order valence-electron chi connectivity index (χ1n) is 6.92. The van der Waals surface area contributed by atoms with Crippen LogP contribution in [0.15, 0.2) is 0 Å². The third kappa shape index (κ3) is 3.85. The molecule has 0 aliphatic carbocycles. The fraction of sp³-hybridized carbons (Fsp3) is 1.00. The molecule has 3 nitrogen and oxygen atoms in total. The van der Waals surface area contributed by atoms with Gasteiger partial charge in [-0.2, -0.15) is 12.6 Å². The molecule has 2 fully saturated rings. The summed E-state index contributed by atoms with van der Waals surface area (Å²) in [5, 5.41) is 0. The summed E-state index contributed by atoms with van der Waals surface area (Å²) in [6.07, 6.45) is 4.14. The highest BCUT2D eigenvalue weighted by atomic mass is 32.1. The van der Waals surface area contributed by atoms with E-state index in [1.165, 1.54) is 38.9 Å². The molecule has 0 amide bonds. The summed E-state index contributed by atoms with van der Waals surface area (Å²) in [5.74, 6) is 1.72. The van der Waals surface area contributed by atoms with Gasteiger partial charge >= 0.3 is 0 Å². The van der Waals surface area contributed by atoms with E-state index in [0.717, 1.165) is 37.5 Å². The van der Waals surface area contributed by atoms with Gasteiger partial charge < -0.3 is 14.5 Å². The molecular formula is C13H26N2OS. The lowest BCUT2D eigenvalue weighted by molar-refractivity contribution is 0.0246. The Bertz CT molecular complexity index is 227. The number of rotatable bonds is 5. The molecule has 17 heavy (non-hydrogen) atoms. The van der Waals surface area contributed by atoms with Crippen molar-refractivity contribution in [2.75, 3.05) is 52.2 Å². The van der Waals surface area contributed by atoms with Gasteiger partial charge in [0.1, 0.15) is 0 Å². The van der Waals surface area contributed by atoms with Gasteiger partial charge in [-0.15, -0.1) is 0 Å². The molecule has 0 aromatic carbocycles. The number of hydrogen-bond donors (Lipinski definition) is 1. The van der Waals surface area contributed by atoms with Crippen molar-refractivity contribution in [2.45, 2.75) is 25.3 Å². The van der Waals surface area contributed by atoms with Crippen molar-refractivity contribution in [1.82, 2.24) is 9.80 Å². The van der Waals surface area contributed by atoms with Crippen molar-refractivity contribution in [2.24, 2.45) is 5.92 Å². The van der Waals surface area contributed by atoms with Gasteiger partial charge in [-0.1, -0.05) is 0 Å². The summed E-state index contributed by atoms with van der Waals surface area (Å²) >= 11 is 4.15. The molecule has 2 atom stereocenters. The van der Waals surface area contributed by atoms with Crippen LogP contribution in [0.5, 0.6) is 0 Å². The SMILES string of the molecule is CN1CCCC2CN(CCOCCS)CCC21. The number of thiol groups is 1. The Morgan fingerprint density at radius 1 is 1.24 bits per heavy atom. The maximum absolute atomic E-state index is 5.51. The molecule has 2 unspecified atom stereocenters. The van der Waals surface area contributed by atoms with Crippen molar-refractivity contribution >= 4 is 12.6 Å². The second-order valence-corrected chi connectivity index (χ2v) is 5.82. The quantitative estimate of drug-likeness (QED) is 0.592. The minimum absolute atomic E-state index is 0.783. The monoisotopic (exact) mass is 258 g/mol. The molecule has 0 bridgehead atoms. The van der Waals surface area contributed by atoms with Crippen molar-refractivity contribution in [1.29, 1.82) is 0 Å².